The summed E-state index contributed by atoms with van der Waals surface area (Å²) in [4.78, 5) is 26.3. The lowest BCUT2D eigenvalue weighted by Gasteiger charge is -2.32. The molecule has 1 aromatic heterocycles. The summed E-state index contributed by atoms with van der Waals surface area (Å²) in [6, 6.07) is 13.5. The number of hydrogen-bond donors (Lipinski definition) is 0. The predicted octanol–water partition coefficient (Wildman–Crippen LogP) is 3.72. The van der Waals surface area contributed by atoms with Gasteiger partial charge in [0.05, 0.1) is 0 Å². The molecule has 1 aliphatic rings. The number of alkyl halides is 1. The number of halogens is 1. The highest BCUT2D eigenvalue weighted by atomic mass is 79.9. The third-order valence-electron chi connectivity index (χ3n) is 4.52. The lowest BCUT2D eigenvalue weighted by atomic mass is 10.0. The number of carbonyl (C=O) groups excluding carboxylic acids is 1. The van der Waals surface area contributed by atoms with Crippen molar-refractivity contribution in [3.05, 3.63) is 70.1 Å². The van der Waals surface area contributed by atoms with E-state index in [0.29, 0.717) is 18.4 Å². The van der Waals surface area contributed by atoms with E-state index in [-0.39, 0.29) is 24.3 Å². The minimum Gasteiger partial charge on any atom is -0.445 e. The van der Waals surface area contributed by atoms with Crippen molar-refractivity contribution in [3.63, 3.8) is 0 Å². The average Bonchev–Trinajstić information content (AvgIpc) is 2.67. The molecule has 132 valence electrons. The maximum Gasteiger partial charge on any atom is 0.410 e. The minimum absolute atomic E-state index is 0.0458. The largest absolute Gasteiger partial charge is 0.445 e. The fourth-order valence-corrected chi connectivity index (χ4v) is 3.51. The van der Waals surface area contributed by atoms with Crippen molar-refractivity contribution < 1.29 is 9.53 Å². The Balaban J connectivity index is 1.55. The molecule has 0 saturated carbocycles. The lowest BCUT2D eigenvalue weighted by Crippen LogP contribution is -2.41. The summed E-state index contributed by atoms with van der Waals surface area (Å²) in [7, 11) is 0. The van der Waals surface area contributed by atoms with E-state index >= 15 is 0 Å². The fourth-order valence-electron chi connectivity index (χ4n) is 3.08. The van der Waals surface area contributed by atoms with E-state index in [1.807, 2.05) is 48.7 Å². The Labute approximate surface area is 155 Å². The van der Waals surface area contributed by atoms with Gasteiger partial charge in [0, 0.05) is 36.2 Å². The lowest BCUT2D eigenvalue weighted by molar-refractivity contribution is 0.0828. The van der Waals surface area contributed by atoms with Crippen LogP contribution in [0.25, 0.3) is 0 Å². The highest BCUT2D eigenvalue weighted by molar-refractivity contribution is 9.08. The Morgan fingerprint density at radius 2 is 1.84 bits per heavy atom. The molecule has 0 spiro atoms. The van der Waals surface area contributed by atoms with Gasteiger partial charge in [0.1, 0.15) is 6.61 Å². The van der Waals surface area contributed by atoms with Gasteiger partial charge in [0.25, 0.3) is 5.56 Å². The van der Waals surface area contributed by atoms with Gasteiger partial charge in [-0.1, -0.05) is 52.3 Å². The van der Waals surface area contributed by atoms with Gasteiger partial charge in [-0.15, -0.1) is 0 Å². The van der Waals surface area contributed by atoms with E-state index in [1.54, 1.807) is 9.47 Å². The molecule has 0 radical (unpaired) electrons. The molecule has 1 fully saturated rings. The third kappa shape index (κ3) is 4.31. The summed E-state index contributed by atoms with van der Waals surface area (Å²) >= 11 is 3.35. The molecular weight excluding hydrogens is 384 g/mol. The van der Waals surface area contributed by atoms with Gasteiger partial charge in [0.2, 0.25) is 0 Å². The van der Waals surface area contributed by atoms with Crippen LogP contribution < -0.4 is 5.56 Å². The third-order valence-corrected chi connectivity index (χ3v) is 5.12. The molecule has 0 bridgehead atoms. The van der Waals surface area contributed by atoms with E-state index < -0.39 is 0 Å². The van der Waals surface area contributed by atoms with Gasteiger partial charge in [0.15, 0.2) is 0 Å². The van der Waals surface area contributed by atoms with Gasteiger partial charge < -0.3 is 14.2 Å². The van der Waals surface area contributed by atoms with Crippen molar-refractivity contribution in [2.75, 3.05) is 13.1 Å². The van der Waals surface area contributed by atoms with Crippen LogP contribution in [0, 0.1) is 0 Å². The maximum absolute atomic E-state index is 12.4. The Bertz CT molecular complexity index is 768. The zero-order valence-electron chi connectivity index (χ0n) is 13.9. The van der Waals surface area contributed by atoms with Crippen LogP contribution in [0.5, 0.6) is 0 Å². The second-order valence-corrected chi connectivity index (χ2v) is 6.70. The van der Waals surface area contributed by atoms with Crippen LogP contribution in [0.15, 0.2) is 53.5 Å². The number of amides is 1. The normalized spacial score (nSPS) is 15.2. The molecule has 0 atom stereocenters. The number of pyridine rings is 1. The summed E-state index contributed by atoms with van der Waals surface area (Å²) in [5.74, 6) is 0. The molecule has 1 amide bonds. The van der Waals surface area contributed by atoms with Crippen molar-refractivity contribution in [1.29, 1.82) is 0 Å². The quantitative estimate of drug-likeness (QED) is 0.729. The standard InChI is InChI=1S/C19H21BrN2O3/c20-13-16-7-4-10-22(18(16)23)17-8-11-21(12-9-17)19(24)25-14-15-5-2-1-3-6-15/h1-7,10,17H,8-9,11-14H2. The van der Waals surface area contributed by atoms with Crippen molar-refractivity contribution in [2.24, 2.45) is 0 Å². The molecule has 2 aromatic rings. The first-order valence-corrected chi connectivity index (χ1v) is 9.53. The number of nitrogens with zero attached hydrogens (tertiary/aromatic N) is 2. The molecule has 1 aromatic carbocycles. The molecule has 0 N–H and O–H groups in total. The van der Waals surface area contributed by atoms with Crippen LogP contribution in [0.4, 0.5) is 4.79 Å². The number of benzene rings is 1. The highest BCUT2D eigenvalue weighted by Gasteiger charge is 2.25. The zero-order chi connectivity index (χ0) is 17.6. The first-order valence-electron chi connectivity index (χ1n) is 8.40. The van der Waals surface area contributed by atoms with Crippen LogP contribution in [-0.4, -0.2) is 28.6 Å². The average molecular weight is 405 g/mol. The van der Waals surface area contributed by atoms with Crippen LogP contribution in [0.1, 0.15) is 30.0 Å². The van der Waals surface area contributed by atoms with Crippen LogP contribution in [-0.2, 0) is 16.7 Å². The van der Waals surface area contributed by atoms with E-state index in [4.69, 9.17) is 4.74 Å². The minimum atomic E-state index is -0.288. The molecule has 2 heterocycles. The second kappa shape index (κ2) is 8.34. The van der Waals surface area contributed by atoms with Crippen LogP contribution in [0.3, 0.4) is 0 Å². The molecule has 1 aliphatic heterocycles. The summed E-state index contributed by atoms with van der Waals surface area (Å²) in [5.41, 5.74) is 1.78. The van der Waals surface area contributed by atoms with Gasteiger partial charge in [-0.25, -0.2) is 4.79 Å². The first-order chi connectivity index (χ1) is 12.2. The van der Waals surface area contributed by atoms with Crippen LogP contribution in [0.2, 0.25) is 0 Å². The molecule has 25 heavy (non-hydrogen) atoms. The maximum atomic E-state index is 12.4. The van der Waals surface area contributed by atoms with Crippen LogP contribution >= 0.6 is 15.9 Å². The van der Waals surface area contributed by atoms with Crippen molar-refractivity contribution >= 4 is 22.0 Å². The molecule has 0 aliphatic carbocycles. The molecule has 3 rings (SSSR count). The van der Waals surface area contributed by atoms with Gasteiger partial charge in [-0.05, 0) is 24.5 Å². The molecule has 1 saturated heterocycles. The van der Waals surface area contributed by atoms with E-state index in [1.165, 1.54) is 0 Å². The summed E-state index contributed by atoms with van der Waals surface area (Å²) in [6.45, 7) is 1.49. The molecule has 0 unspecified atom stereocenters. The van der Waals surface area contributed by atoms with Gasteiger partial charge >= 0.3 is 6.09 Å². The van der Waals surface area contributed by atoms with Gasteiger partial charge in [-0.2, -0.15) is 0 Å². The molecule has 6 heteroatoms. The SMILES string of the molecule is O=C(OCc1ccccc1)N1CCC(n2cccc(CBr)c2=O)CC1. The second-order valence-electron chi connectivity index (χ2n) is 6.14. The fraction of sp³-hybridized carbons (Fsp3) is 0.368. The number of piperidine rings is 1. The van der Waals surface area contributed by atoms with E-state index in [2.05, 4.69) is 15.9 Å². The Morgan fingerprint density at radius 3 is 2.52 bits per heavy atom. The zero-order valence-corrected chi connectivity index (χ0v) is 15.5. The molecular formula is C19H21BrN2O3. The summed E-state index contributed by atoms with van der Waals surface area (Å²) in [6.07, 6.45) is 3.06. The van der Waals surface area contributed by atoms with Gasteiger partial charge in [-0.3, -0.25) is 4.79 Å². The summed E-state index contributed by atoms with van der Waals surface area (Å²) in [5, 5.41) is 0.553. The number of aromatic nitrogens is 1. The number of rotatable bonds is 4. The number of hydrogen-bond acceptors (Lipinski definition) is 3. The number of carbonyl (C=O) groups is 1. The Morgan fingerprint density at radius 1 is 1.12 bits per heavy atom. The topological polar surface area (TPSA) is 51.5 Å². The van der Waals surface area contributed by atoms with Crippen molar-refractivity contribution in [3.8, 4) is 0 Å². The highest BCUT2D eigenvalue weighted by Crippen LogP contribution is 2.22. The smallest absolute Gasteiger partial charge is 0.410 e. The van der Waals surface area contributed by atoms with E-state index in [0.717, 1.165) is 24.0 Å². The van der Waals surface area contributed by atoms with E-state index in [9.17, 15) is 9.59 Å². The molecule has 5 nitrogen and oxygen atoms in total. The van der Waals surface area contributed by atoms with Crippen molar-refractivity contribution in [1.82, 2.24) is 9.47 Å². The summed E-state index contributed by atoms with van der Waals surface area (Å²) < 4.78 is 7.18. The number of likely N-dealkylation sites (tertiary alicyclic amines) is 1. The van der Waals surface area contributed by atoms with Crippen molar-refractivity contribution in [2.45, 2.75) is 30.8 Å². The number of ether oxygens (including phenoxy) is 1. The Kier molecular flexibility index (Phi) is 5.91. The predicted molar refractivity (Wildman–Crippen MR) is 99.8 cm³/mol. The monoisotopic (exact) mass is 404 g/mol. The Hall–Kier alpha value is -2.08. The first kappa shape index (κ1) is 17.7.